The van der Waals surface area contributed by atoms with E-state index in [4.69, 9.17) is 11.6 Å². The van der Waals surface area contributed by atoms with E-state index in [1.807, 2.05) is 6.07 Å². The van der Waals surface area contributed by atoms with E-state index in [1.165, 1.54) is 11.6 Å². The van der Waals surface area contributed by atoms with Crippen LogP contribution >= 0.6 is 11.6 Å². The Morgan fingerprint density at radius 2 is 1.81 bits per heavy atom. The minimum atomic E-state index is -0.371. The van der Waals surface area contributed by atoms with Gasteiger partial charge in [0.05, 0.1) is 5.02 Å². The van der Waals surface area contributed by atoms with Crippen molar-refractivity contribution >= 4 is 11.6 Å². The highest BCUT2D eigenvalue weighted by Crippen LogP contribution is 2.21. The standard InChI is InChI=1S/C18H21ClFN/c1-13(8-9-15-6-4-3-5-7-15)21-14(2)16-10-11-18(20)17(19)12-16/h3-7,10-14,21H,8-9H2,1-2H3. The van der Waals surface area contributed by atoms with Crippen molar-refractivity contribution in [3.8, 4) is 0 Å². The summed E-state index contributed by atoms with van der Waals surface area (Å²) in [6.07, 6.45) is 2.11. The zero-order valence-corrected chi connectivity index (χ0v) is 13.2. The molecular formula is C18H21ClFN. The average molecular weight is 306 g/mol. The lowest BCUT2D eigenvalue weighted by molar-refractivity contribution is 0.456. The molecule has 0 spiro atoms. The lowest BCUT2D eigenvalue weighted by Gasteiger charge is -2.20. The summed E-state index contributed by atoms with van der Waals surface area (Å²) in [7, 11) is 0. The van der Waals surface area contributed by atoms with Gasteiger partial charge in [-0.3, -0.25) is 0 Å². The van der Waals surface area contributed by atoms with Crippen LogP contribution in [-0.4, -0.2) is 6.04 Å². The normalized spacial score (nSPS) is 13.9. The predicted octanol–water partition coefficient (Wildman–Crippen LogP) is 5.15. The molecule has 0 aliphatic carbocycles. The maximum absolute atomic E-state index is 13.2. The highest BCUT2D eigenvalue weighted by molar-refractivity contribution is 6.30. The Hall–Kier alpha value is -1.38. The van der Waals surface area contributed by atoms with Crippen molar-refractivity contribution in [2.24, 2.45) is 0 Å². The molecule has 21 heavy (non-hydrogen) atoms. The molecule has 0 bridgehead atoms. The van der Waals surface area contributed by atoms with Crippen molar-refractivity contribution in [1.82, 2.24) is 5.32 Å². The molecule has 0 saturated heterocycles. The minimum absolute atomic E-state index is 0.147. The van der Waals surface area contributed by atoms with Crippen LogP contribution < -0.4 is 5.32 Å². The molecule has 1 N–H and O–H groups in total. The first kappa shape index (κ1) is 16.0. The third-order valence-electron chi connectivity index (χ3n) is 3.69. The lowest BCUT2D eigenvalue weighted by Crippen LogP contribution is -2.29. The summed E-state index contributed by atoms with van der Waals surface area (Å²) >= 11 is 5.83. The summed E-state index contributed by atoms with van der Waals surface area (Å²) in [4.78, 5) is 0. The molecule has 2 atom stereocenters. The first-order chi connectivity index (χ1) is 10.1. The van der Waals surface area contributed by atoms with E-state index in [0.717, 1.165) is 18.4 Å². The molecule has 0 aliphatic rings. The van der Waals surface area contributed by atoms with E-state index in [9.17, 15) is 4.39 Å². The molecule has 0 amide bonds. The van der Waals surface area contributed by atoms with Gasteiger partial charge in [-0.1, -0.05) is 48.0 Å². The van der Waals surface area contributed by atoms with Crippen molar-refractivity contribution in [3.63, 3.8) is 0 Å². The molecule has 0 fully saturated rings. The summed E-state index contributed by atoms with van der Waals surface area (Å²) in [5.41, 5.74) is 2.36. The fourth-order valence-corrected chi connectivity index (χ4v) is 2.60. The Kier molecular flexibility index (Phi) is 5.77. The molecule has 0 heterocycles. The molecule has 0 aromatic heterocycles. The van der Waals surface area contributed by atoms with Gasteiger partial charge in [0.1, 0.15) is 5.82 Å². The smallest absolute Gasteiger partial charge is 0.141 e. The number of benzene rings is 2. The fourth-order valence-electron chi connectivity index (χ4n) is 2.42. The molecule has 2 aromatic rings. The second-order valence-corrected chi connectivity index (χ2v) is 5.89. The largest absolute Gasteiger partial charge is 0.308 e. The van der Waals surface area contributed by atoms with E-state index in [2.05, 4.69) is 43.4 Å². The average Bonchev–Trinajstić information content (AvgIpc) is 2.49. The summed E-state index contributed by atoms with van der Waals surface area (Å²) in [6.45, 7) is 4.24. The number of hydrogen-bond acceptors (Lipinski definition) is 1. The number of aryl methyl sites for hydroxylation is 1. The van der Waals surface area contributed by atoms with Crippen LogP contribution in [-0.2, 0) is 6.42 Å². The van der Waals surface area contributed by atoms with Crippen LogP contribution in [0.3, 0.4) is 0 Å². The van der Waals surface area contributed by atoms with Gasteiger partial charge in [0, 0.05) is 12.1 Å². The molecule has 2 aromatic carbocycles. The Balaban J connectivity index is 1.86. The van der Waals surface area contributed by atoms with E-state index >= 15 is 0 Å². The van der Waals surface area contributed by atoms with E-state index < -0.39 is 0 Å². The van der Waals surface area contributed by atoms with Gasteiger partial charge in [-0.25, -0.2) is 4.39 Å². The Morgan fingerprint density at radius 3 is 2.48 bits per heavy atom. The van der Waals surface area contributed by atoms with Crippen LogP contribution in [0, 0.1) is 5.82 Å². The fraction of sp³-hybridized carbons (Fsp3) is 0.333. The van der Waals surface area contributed by atoms with Crippen LogP contribution in [0.15, 0.2) is 48.5 Å². The summed E-state index contributed by atoms with van der Waals surface area (Å²) in [6, 6.07) is 15.9. The van der Waals surface area contributed by atoms with Crippen LogP contribution in [0.2, 0.25) is 5.02 Å². The van der Waals surface area contributed by atoms with Crippen LogP contribution in [0.1, 0.15) is 37.4 Å². The first-order valence-electron chi connectivity index (χ1n) is 7.31. The number of nitrogens with one attached hydrogen (secondary N) is 1. The maximum atomic E-state index is 13.2. The zero-order chi connectivity index (χ0) is 15.2. The van der Waals surface area contributed by atoms with Crippen LogP contribution in [0.4, 0.5) is 4.39 Å². The molecule has 112 valence electrons. The van der Waals surface area contributed by atoms with Crippen molar-refractivity contribution in [2.45, 2.75) is 38.8 Å². The van der Waals surface area contributed by atoms with E-state index in [-0.39, 0.29) is 16.9 Å². The van der Waals surface area contributed by atoms with Crippen LogP contribution in [0.25, 0.3) is 0 Å². The van der Waals surface area contributed by atoms with Gasteiger partial charge in [0.15, 0.2) is 0 Å². The third-order valence-corrected chi connectivity index (χ3v) is 3.98. The lowest BCUT2D eigenvalue weighted by atomic mass is 10.0. The van der Waals surface area contributed by atoms with Gasteiger partial charge in [-0.05, 0) is 49.9 Å². The van der Waals surface area contributed by atoms with Gasteiger partial charge < -0.3 is 5.32 Å². The zero-order valence-electron chi connectivity index (χ0n) is 12.4. The minimum Gasteiger partial charge on any atom is -0.308 e. The Morgan fingerprint density at radius 1 is 1.10 bits per heavy atom. The summed E-state index contributed by atoms with van der Waals surface area (Å²) < 4.78 is 13.2. The van der Waals surface area contributed by atoms with E-state index in [0.29, 0.717) is 6.04 Å². The molecule has 0 aliphatic heterocycles. The van der Waals surface area contributed by atoms with Gasteiger partial charge in [-0.2, -0.15) is 0 Å². The van der Waals surface area contributed by atoms with Crippen molar-refractivity contribution in [2.75, 3.05) is 0 Å². The SMILES string of the molecule is CC(CCc1ccccc1)NC(C)c1ccc(F)c(Cl)c1. The third kappa shape index (κ3) is 4.83. The number of hydrogen-bond donors (Lipinski definition) is 1. The molecule has 2 rings (SSSR count). The molecule has 1 nitrogen and oxygen atoms in total. The molecule has 0 saturated carbocycles. The van der Waals surface area contributed by atoms with Gasteiger partial charge in [0.25, 0.3) is 0 Å². The molecule has 2 unspecified atom stereocenters. The predicted molar refractivity (Wildman–Crippen MR) is 87.2 cm³/mol. The van der Waals surface area contributed by atoms with Gasteiger partial charge in [-0.15, -0.1) is 0 Å². The molecule has 0 radical (unpaired) electrons. The van der Waals surface area contributed by atoms with Gasteiger partial charge in [0.2, 0.25) is 0 Å². The summed E-state index contributed by atoms with van der Waals surface area (Å²) in [5.74, 6) is -0.371. The van der Waals surface area contributed by atoms with Crippen molar-refractivity contribution in [3.05, 3.63) is 70.5 Å². The van der Waals surface area contributed by atoms with Crippen LogP contribution in [0.5, 0.6) is 0 Å². The first-order valence-corrected chi connectivity index (χ1v) is 7.69. The highest BCUT2D eigenvalue weighted by atomic mass is 35.5. The monoisotopic (exact) mass is 305 g/mol. The highest BCUT2D eigenvalue weighted by Gasteiger charge is 2.11. The van der Waals surface area contributed by atoms with Gasteiger partial charge >= 0.3 is 0 Å². The Labute approximate surface area is 131 Å². The van der Waals surface area contributed by atoms with E-state index in [1.54, 1.807) is 12.1 Å². The Bertz CT molecular complexity index is 571. The topological polar surface area (TPSA) is 12.0 Å². The quantitative estimate of drug-likeness (QED) is 0.778. The summed E-state index contributed by atoms with van der Waals surface area (Å²) in [5, 5.41) is 3.71. The number of rotatable bonds is 6. The van der Waals surface area contributed by atoms with Crippen molar-refractivity contribution < 1.29 is 4.39 Å². The molecular weight excluding hydrogens is 285 g/mol. The second-order valence-electron chi connectivity index (χ2n) is 5.49. The van der Waals surface area contributed by atoms with Crippen molar-refractivity contribution in [1.29, 1.82) is 0 Å². The molecule has 3 heteroatoms. The maximum Gasteiger partial charge on any atom is 0.141 e. The second kappa shape index (κ2) is 7.58. The number of halogens is 2.